The quantitative estimate of drug-likeness (QED) is 0.881. The van der Waals surface area contributed by atoms with Crippen LogP contribution in [-0.2, 0) is 0 Å². The first-order chi connectivity index (χ1) is 10.2. The third-order valence-electron chi connectivity index (χ3n) is 4.56. The molecule has 2 aromatic rings. The molecule has 1 saturated carbocycles. The third kappa shape index (κ3) is 2.44. The second-order valence-corrected chi connectivity index (χ2v) is 6.34. The fourth-order valence-electron chi connectivity index (χ4n) is 3.20. The molecular weight excluding hydrogens is 260 g/mol. The Morgan fingerprint density at radius 1 is 1.05 bits per heavy atom. The summed E-state index contributed by atoms with van der Waals surface area (Å²) in [4.78, 5) is 0. The van der Waals surface area contributed by atoms with Gasteiger partial charge in [-0.05, 0) is 48.9 Å². The maximum atomic E-state index is 10.4. The van der Waals surface area contributed by atoms with Gasteiger partial charge in [-0.15, -0.1) is 0 Å². The van der Waals surface area contributed by atoms with Crippen LogP contribution in [0.5, 0.6) is 5.75 Å². The lowest BCUT2D eigenvalue weighted by Crippen LogP contribution is -2.19. The van der Waals surface area contributed by atoms with E-state index in [0.717, 1.165) is 22.8 Å². The van der Waals surface area contributed by atoms with E-state index < -0.39 is 6.10 Å². The Morgan fingerprint density at radius 2 is 1.86 bits per heavy atom. The van der Waals surface area contributed by atoms with Gasteiger partial charge in [-0.3, -0.25) is 0 Å². The Bertz CT molecular complexity index is 673. The number of aliphatic hydroxyl groups excluding tert-OH is 1. The van der Waals surface area contributed by atoms with Gasteiger partial charge in [0.15, 0.2) is 0 Å². The molecule has 108 valence electrons. The molecule has 1 N–H and O–H groups in total. The first-order valence-electron chi connectivity index (χ1n) is 7.76. The largest absolute Gasteiger partial charge is 0.485 e. The van der Waals surface area contributed by atoms with Crippen LogP contribution in [0.4, 0.5) is 0 Å². The average molecular weight is 280 g/mol. The van der Waals surface area contributed by atoms with E-state index in [-0.39, 0.29) is 6.10 Å². The second kappa shape index (κ2) is 4.88. The van der Waals surface area contributed by atoms with E-state index in [4.69, 9.17) is 4.74 Å². The Kier molecular flexibility index (Phi) is 3.00. The summed E-state index contributed by atoms with van der Waals surface area (Å²) in [6.45, 7) is 2.04. The molecule has 1 unspecified atom stereocenters. The van der Waals surface area contributed by atoms with Crippen LogP contribution in [-0.4, -0.2) is 5.11 Å². The average Bonchev–Trinajstić information content (AvgIpc) is 3.33. The van der Waals surface area contributed by atoms with Gasteiger partial charge in [0.1, 0.15) is 11.9 Å². The maximum absolute atomic E-state index is 10.4. The van der Waals surface area contributed by atoms with Crippen LogP contribution in [0, 0.1) is 6.92 Å². The van der Waals surface area contributed by atoms with Crippen molar-refractivity contribution in [1.29, 1.82) is 0 Å². The molecule has 0 spiro atoms. The van der Waals surface area contributed by atoms with Crippen molar-refractivity contribution in [2.75, 3.05) is 0 Å². The molecule has 2 atom stereocenters. The van der Waals surface area contributed by atoms with Gasteiger partial charge in [0, 0.05) is 12.0 Å². The number of hydrogen-bond donors (Lipinski definition) is 1. The maximum Gasteiger partial charge on any atom is 0.127 e. The van der Waals surface area contributed by atoms with E-state index in [9.17, 15) is 5.11 Å². The van der Waals surface area contributed by atoms with Gasteiger partial charge in [-0.2, -0.15) is 0 Å². The van der Waals surface area contributed by atoms with Crippen LogP contribution in [0.25, 0.3) is 0 Å². The van der Waals surface area contributed by atoms with Crippen LogP contribution in [0.3, 0.4) is 0 Å². The summed E-state index contributed by atoms with van der Waals surface area (Å²) in [5, 5.41) is 10.4. The summed E-state index contributed by atoms with van der Waals surface area (Å²) in [6.07, 6.45) is 2.75. The number of ether oxygens (including phenoxy) is 1. The number of fused-ring (bicyclic) bond motifs is 1. The van der Waals surface area contributed by atoms with Gasteiger partial charge >= 0.3 is 0 Å². The lowest BCUT2D eigenvalue weighted by Gasteiger charge is -2.30. The van der Waals surface area contributed by atoms with Gasteiger partial charge in [0.25, 0.3) is 0 Å². The van der Waals surface area contributed by atoms with Crippen LogP contribution >= 0.6 is 0 Å². The molecule has 1 fully saturated rings. The van der Waals surface area contributed by atoms with E-state index in [1.54, 1.807) is 0 Å². The second-order valence-electron chi connectivity index (χ2n) is 6.34. The van der Waals surface area contributed by atoms with Crippen LogP contribution in [0.2, 0.25) is 0 Å². The molecular formula is C19H20O2. The van der Waals surface area contributed by atoms with Gasteiger partial charge in [0.05, 0.1) is 6.10 Å². The van der Waals surface area contributed by atoms with Crippen LogP contribution < -0.4 is 4.74 Å². The molecule has 1 heterocycles. The molecule has 0 amide bonds. The van der Waals surface area contributed by atoms with Crippen LogP contribution in [0.15, 0.2) is 42.5 Å². The minimum Gasteiger partial charge on any atom is -0.485 e. The Labute approximate surface area is 125 Å². The SMILES string of the molecule is Cc1ccc2c(c1)[C@H](O)CC(c1cccc(C3CC3)c1)O2. The van der Waals surface area contributed by atoms with Crippen molar-refractivity contribution >= 4 is 0 Å². The molecule has 2 nitrogen and oxygen atoms in total. The monoisotopic (exact) mass is 280 g/mol. The smallest absolute Gasteiger partial charge is 0.127 e. The summed E-state index contributed by atoms with van der Waals surface area (Å²) in [7, 11) is 0. The fraction of sp³-hybridized carbons (Fsp3) is 0.368. The van der Waals surface area contributed by atoms with Crippen LogP contribution in [0.1, 0.15) is 59.6 Å². The molecule has 2 aliphatic rings. The van der Waals surface area contributed by atoms with Crippen molar-refractivity contribution in [2.45, 2.75) is 44.3 Å². The standard InChI is InChI=1S/C19H20O2/c1-12-5-8-18-16(9-12)17(20)11-19(21-18)15-4-2-3-14(10-15)13-6-7-13/h2-5,8-10,13,17,19-20H,6-7,11H2,1H3/t17-,19?/m1/s1. The number of hydrogen-bond acceptors (Lipinski definition) is 2. The van der Waals surface area contributed by atoms with Crippen molar-refractivity contribution in [3.05, 3.63) is 64.7 Å². The topological polar surface area (TPSA) is 29.5 Å². The Morgan fingerprint density at radius 3 is 2.67 bits per heavy atom. The zero-order valence-corrected chi connectivity index (χ0v) is 12.3. The molecule has 0 radical (unpaired) electrons. The minimum atomic E-state index is -0.441. The Balaban J connectivity index is 1.65. The summed E-state index contributed by atoms with van der Waals surface area (Å²) in [5.74, 6) is 1.56. The molecule has 0 aromatic heterocycles. The van der Waals surface area contributed by atoms with E-state index in [2.05, 4.69) is 24.3 Å². The molecule has 0 bridgehead atoms. The zero-order chi connectivity index (χ0) is 14.4. The van der Waals surface area contributed by atoms with Gasteiger partial charge in [-0.1, -0.05) is 35.9 Å². The summed E-state index contributed by atoms with van der Waals surface area (Å²) in [6, 6.07) is 14.7. The highest BCUT2D eigenvalue weighted by Gasteiger charge is 2.29. The minimum absolute atomic E-state index is 0.0473. The summed E-state index contributed by atoms with van der Waals surface area (Å²) < 4.78 is 6.14. The predicted octanol–water partition coefficient (Wildman–Crippen LogP) is 4.43. The van der Waals surface area contributed by atoms with Crippen molar-refractivity contribution < 1.29 is 9.84 Å². The van der Waals surface area contributed by atoms with Crippen molar-refractivity contribution in [3.63, 3.8) is 0 Å². The summed E-state index contributed by atoms with van der Waals surface area (Å²) >= 11 is 0. The van der Waals surface area contributed by atoms with Crippen molar-refractivity contribution in [2.24, 2.45) is 0 Å². The number of aryl methyl sites for hydroxylation is 1. The normalized spacial score (nSPS) is 24.3. The highest BCUT2D eigenvalue weighted by atomic mass is 16.5. The summed E-state index contributed by atoms with van der Waals surface area (Å²) in [5.41, 5.74) is 4.68. The Hall–Kier alpha value is -1.80. The zero-order valence-electron chi connectivity index (χ0n) is 12.3. The predicted molar refractivity (Wildman–Crippen MR) is 82.5 cm³/mol. The van der Waals surface area contributed by atoms with Crippen molar-refractivity contribution in [3.8, 4) is 5.75 Å². The fourth-order valence-corrected chi connectivity index (χ4v) is 3.20. The third-order valence-corrected chi connectivity index (χ3v) is 4.56. The van der Waals surface area contributed by atoms with E-state index in [1.165, 1.54) is 24.0 Å². The van der Waals surface area contributed by atoms with E-state index in [1.807, 2.05) is 25.1 Å². The molecule has 21 heavy (non-hydrogen) atoms. The van der Waals surface area contributed by atoms with Gasteiger partial charge < -0.3 is 9.84 Å². The van der Waals surface area contributed by atoms with E-state index >= 15 is 0 Å². The van der Waals surface area contributed by atoms with Gasteiger partial charge in [-0.25, -0.2) is 0 Å². The number of aliphatic hydroxyl groups is 1. The lowest BCUT2D eigenvalue weighted by atomic mass is 9.93. The molecule has 1 aliphatic heterocycles. The first-order valence-corrected chi connectivity index (χ1v) is 7.76. The molecule has 2 aromatic carbocycles. The molecule has 1 aliphatic carbocycles. The van der Waals surface area contributed by atoms with E-state index in [0.29, 0.717) is 6.42 Å². The number of rotatable bonds is 2. The lowest BCUT2D eigenvalue weighted by molar-refractivity contribution is 0.0656. The first kappa shape index (κ1) is 12.9. The highest BCUT2D eigenvalue weighted by molar-refractivity contribution is 5.41. The highest BCUT2D eigenvalue weighted by Crippen LogP contribution is 2.44. The van der Waals surface area contributed by atoms with Crippen molar-refractivity contribution in [1.82, 2.24) is 0 Å². The van der Waals surface area contributed by atoms with Gasteiger partial charge in [0.2, 0.25) is 0 Å². The molecule has 4 rings (SSSR count). The molecule has 2 heteroatoms. The number of benzene rings is 2. The molecule has 0 saturated heterocycles.